The lowest BCUT2D eigenvalue weighted by Gasteiger charge is -2.64. The third-order valence-corrected chi connectivity index (χ3v) is 16.8. The van der Waals surface area contributed by atoms with Gasteiger partial charge in [-0.05, 0) is 111 Å². The number of nitrogens with zero attached hydrogens (tertiary/aromatic N) is 1. The molecule has 0 radical (unpaired) electrons. The minimum Gasteiger partial charge on any atom is -0.464 e. The smallest absolute Gasteiger partial charge is 0.323 e. The summed E-state index contributed by atoms with van der Waals surface area (Å²) in [6, 6.07) is -0.182. The summed E-state index contributed by atoms with van der Waals surface area (Å²) < 4.78 is 30.8. The second-order valence-electron chi connectivity index (χ2n) is 19.6. The molecule has 8 fully saturated rings. The molecule has 0 bridgehead atoms. The van der Waals surface area contributed by atoms with E-state index in [2.05, 4.69) is 39.5 Å². The topological polar surface area (TPSA) is 124 Å². The van der Waals surface area contributed by atoms with Crippen molar-refractivity contribution in [3.8, 4) is 0 Å². The molecule has 3 saturated heterocycles. The molecule has 15 atom stereocenters. The van der Waals surface area contributed by atoms with Gasteiger partial charge in [0.05, 0.1) is 49.8 Å². The zero-order valence-corrected chi connectivity index (χ0v) is 31.7. The van der Waals surface area contributed by atoms with Gasteiger partial charge in [0.2, 0.25) is 0 Å². The summed E-state index contributed by atoms with van der Waals surface area (Å²) in [4.78, 5) is 26.6. The number of aliphatic hydroxyl groups is 2. The maximum atomic E-state index is 12.6. The fraction of sp³-hybridized carbons (Fsp3) is 0.950. The van der Waals surface area contributed by atoms with E-state index in [1.807, 2.05) is 0 Å². The summed E-state index contributed by atoms with van der Waals surface area (Å²) in [5, 5.41) is 23.6. The van der Waals surface area contributed by atoms with Crippen LogP contribution in [0.2, 0.25) is 0 Å². The Morgan fingerprint density at radius 1 is 1.02 bits per heavy atom. The van der Waals surface area contributed by atoms with E-state index >= 15 is 0 Å². The number of morpholine rings is 1. The van der Waals surface area contributed by atoms with Crippen LogP contribution in [-0.4, -0.2) is 102 Å². The zero-order valence-electron chi connectivity index (χ0n) is 31.7. The highest BCUT2D eigenvalue weighted by Crippen LogP contribution is 2.89. The van der Waals surface area contributed by atoms with Gasteiger partial charge in [-0.3, -0.25) is 14.5 Å². The van der Waals surface area contributed by atoms with Crippen molar-refractivity contribution < 1.29 is 43.5 Å². The first-order valence-electron chi connectivity index (χ1n) is 19.8. The van der Waals surface area contributed by atoms with Crippen molar-refractivity contribution in [3.05, 3.63) is 0 Å². The number of rotatable bonds is 6. The second kappa shape index (κ2) is 11.6. The van der Waals surface area contributed by atoms with Crippen molar-refractivity contribution in [2.45, 2.75) is 162 Å². The van der Waals surface area contributed by atoms with Crippen molar-refractivity contribution >= 4 is 11.9 Å². The van der Waals surface area contributed by atoms with Gasteiger partial charge in [-0.15, -0.1) is 0 Å². The monoisotopic (exact) mass is 701 g/mol. The summed E-state index contributed by atoms with van der Waals surface area (Å²) in [5.74, 6) is 0.853. The van der Waals surface area contributed by atoms with Crippen LogP contribution < -0.4 is 0 Å². The van der Waals surface area contributed by atoms with Crippen molar-refractivity contribution in [1.82, 2.24) is 4.90 Å². The van der Waals surface area contributed by atoms with E-state index in [-0.39, 0.29) is 69.4 Å². The molecule has 0 aromatic carbocycles. The van der Waals surface area contributed by atoms with Crippen LogP contribution in [0.5, 0.6) is 0 Å². The number of cyclic esters (lactones) is 1. The van der Waals surface area contributed by atoms with Crippen LogP contribution in [0.25, 0.3) is 0 Å². The van der Waals surface area contributed by atoms with E-state index in [4.69, 9.17) is 23.7 Å². The second-order valence-corrected chi connectivity index (χ2v) is 19.6. The van der Waals surface area contributed by atoms with E-state index < -0.39 is 29.9 Å². The minimum atomic E-state index is -1.27. The van der Waals surface area contributed by atoms with Crippen molar-refractivity contribution in [2.24, 2.45) is 50.7 Å². The third kappa shape index (κ3) is 4.79. The van der Waals surface area contributed by atoms with Gasteiger partial charge >= 0.3 is 11.9 Å². The van der Waals surface area contributed by atoms with Crippen LogP contribution in [0, 0.1) is 50.7 Å². The molecule has 0 aromatic rings. The van der Waals surface area contributed by atoms with Gasteiger partial charge in [0.25, 0.3) is 0 Å². The van der Waals surface area contributed by atoms with E-state index in [1.54, 1.807) is 13.8 Å². The number of esters is 2. The molecule has 5 aliphatic carbocycles. The van der Waals surface area contributed by atoms with E-state index in [1.165, 1.54) is 19.8 Å². The number of hydrogen-bond donors (Lipinski definition) is 2. The average molecular weight is 702 g/mol. The lowest BCUT2D eigenvalue weighted by Crippen LogP contribution is -2.60. The van der Waals surface area contributed by atoms with Gasteiger partial charge in [0, 0.05) is 25.3 Å². The Morgan fingerprint density at radius 3 is 2.42 bits per heavy atom. The molecule has 50 heavy (non-hydrogen) atoms. The van der Waals surface area contributed by atoms with Crippen molar-refractivity contribution in [2.75, 3.05) is 26.3 Å². The number of hydrogen-bond acceptors (Lipinski definition) is 10. The molecule has 0 amide bonds. The summed E-state index contributed by atoms with van der Waals surface area (Å²) in [6.07, 6.45) is 6.81. The molecule has 2 N–H and O–H groups in total. The van der Waals surface area contributed by atoms with Crippen LogP contribution in [0.3, 0.4) is 0 Å². The molecular weight excluding hydrogens is 638 g/mol. The van der Waals surface area contributed by atoms with Crippen LogP contribution in [0.15, 0.2) is 0 Å². The Morgan fingerprint density at radius 2 is 1.74 bits per heavy atom. The van der Waals surface area contributed by atoms with Crippen LogP contribution >= 0.6 is 0 Å². The van der Waals surface area contributed by atoms with E-state index in [0.717, 1.165) is 45.1 Å². The number of fused-ring (bicyclic) bond motifs is 4. The summed E-state index contributed by atoms with van der Waals surface area (Å²) in [5.41, 5.74) is -1.19. The lowest BCUT2D eigenvalue weighted by atomic mass is 9.41. The zero-order chi connectivity index (χ0) is 35.8. The molecule has 10 heteroatoms. The standard InChI is InChI=1S/C40H63NO9/c1-22-19-25(33(36(5,6)45)48-23(2)42)49-31-30(22)37(7)14-15-40-21-39(40)13-11-28(35(3,4)26(39)9-10-27(40)38(37,8)32(31)43)50-29-20-41(16-18-46-29)24-12-17-47-34(24)44/h22,24-33,43,45H,9-21H2,1-8H3/t22-,24?,25?,26+,27?,28?,29+,30+,31?,32+,33+,37-,38-,39-,40+/m1/s1. The van der Waals surface area contributed by atoms with E-state index in [0.29, 0.717) is 38.0 Å². The summed E-state index contributed by atoms with van der Waals surface area (Å²) in [7, 11) is 0. The Bertz CT molecular complexity index is 1380. The molecule has 5 saturated carbocycles. The highest BCUT2D eigenvalue weighted by molar-refractivity contribution is 5.77. The first-order valence-corrected chi connectivity index (χ1v) is 19.8. The number of carbonyl (C=O) groups excluding carboxylic acids is 2. The number of aliphatic hydroxyl groups excluding tert-OH is 1. The molecule has 5 unspecified atom stereocenters. The van der Waals surface area contributed by atoms with Crippen molar-refractivity contribution in [3.63, 3.8) is 0 Å². The van der Waals surface area contributed by atoms with Gasteiger partial charge in [0.15, 0.2) is 12.4 Å². The molecule has 8 rings (SSSR count). The lowest BCUT2D eigenvalue weighted by molar-refractivity contribution is -0.250. The van der Waals surface area contributed by atoms with E-state index in [9.17, 15) is 19.8 Å². The Kier molecular flexibility index (Phi) is 8.29. The first-order chi connectivity index (χ1) is 23.4. The molecule has 282 valence electrons. The van der Waals surface area contributed by atoms with Gasteiger partial charge in [-0.25, -0.2) is 0 Å². The maximum absolute atomic E-state index is 12.6. The van der Waals surface area contributed by atoms with Crippen LogP contribution in [-0.2, 0) is 33.3 Å². The van der Waals surface area contributed by atoms with Gasteiger partial charge in [0.1, 0.15) is 6.04 Å². The fourth-order valence-corrected chi connectivity index (χ4v) is 14.6. The quantitative estimate of drug-likeness (QED) is 0.371. The number of carbonyl (C=O) groups is 2. The highest BCUT2D eigenvalue weighted by atomic mass is 16.7. The van der Waals surface area contributed by atoms with Gasteiger partial charge < -0.3 is 33.9 Å². The Hall–Kier alpha value is -1.30. The largest absolute Gasteiger partial charge is 0.464 e. The molecule has 0 aromatic heterocycles. The maximum Gasteiger partial charge on any atom is 0.323 e. The Balaban J connectivity index is 1.02. The average Bonchev–Trinajstić information content (AvgIpc) is 3.44. The Labute approximate surface area is 298 Å². The van der Waals surface area contributed by atoms with Crippen molar-refractivity contribution in [1.29, 1.82) is 0 Å². The highest BCUT2D eigenvalue weighted by Gasteiger charge is 2.84. The molecule has 10 nitrogen and oxygen atoms in total. The van der Waals surface area contributed by atoms with Gasteiger partial charge in [-0.2, -0.15) is 0 Å². The molecular formula is C40H63NO9. The summed E-state index contributed by atoms with van der Waals surface area (Å²) >= 11 is 0. The first kappa shape index (κ1) is 35.7. The predicted molar refractivity (Wildman–Crippen MR) is 184 cm³/mol. The van der Waals surface area contributed by atoms with Gasteiger partial charge in [-0.1, -0.05) is 34.6 Å². The minimum absolute atomic E-state index is 0.0255. The molecule has 3 heterocycles. The summed E-state index contributed by atoms with van der Waals surface area (Å²) in [6.45, 7) is 19.1. The molecule has 3 aliphatic heterocycles. The third-order valence-electron chi connectivity index (χ3n) is 16.8. The van der Waals surface area contributed by atoms with Crippen LogP contribution in [0.4, 0.5) is 0 Å². The van der Waals surface area contributed by atoms with Crippen LogP contribution in [0.1, 0.15) is 113 Å². The molecule has 8 aliphatic rings. The predicted octanol–water partition coefficient (Wildman–Crippen LogP) is 4.86. The SMILES string of the molecule is CC(=O)O[C@@H](C1C[C@@H](C)[C@H]2C(O1)[C@H](O)[C@@]1(C)C3CC[C@H]4C(C)(C)C(O[C@H]5CN(C6CCOC6=O)CCO5)CC[C@@]45C[C@@]35CC[C@]21C)C(C)(C)O. The normalized spacial score (nSPS) is 51.7. The fourth-order valence-electron chi connectivity index (χ4n) is 14.6. The number of ether oxygens (including phenoxy) is 5. The molecule has 2 spiro atoms.